The van der Waals surface area contributed by atoms with E-state index in [0.717, 1.165) is 56.8 Å². The van der Waals surface area contributed by atoms with Crippen LogP contribution in [0.2, 0.25) is 0 Å². The van der Waals surface area contributed by atoms with Crippen molar-refractivity contribution in [2.75, 3.05) is 19.8 Å². The first kappa shape index (κ1) is 14.8. The number of aliphatic hydroxyl groups excluding tert-OH is 1. The van der Waals surface area contributed by atoms with Gasteiger partial charge in [0.2, 0.25) is 0 Å². The summed E-state index contributed by atoms with van der Waals surface area (Å²) in [7, 11) is 0. The molecular formula is C17H24O4. The monoisotopic (exact) mass is 292 g/mol. The Morgan fingerprint density at radius 3 is 2.57 bits per heavy atom. The van der Waals surface area contributed by atoms with E-state index in [0.29, 0.717) is 0 Å². The third-order valence-corrected chi connectivity index (χ3v) is 4.52. The third kappa shape index (κ3) is 3.57. The maximum atomic E-state index is 9.53. The van der Waals surface area contributed by atoms with Crippen molar-refractivity contribution in [1.82, 2.24) is 0 Å². The van der Waals surface area contributed by atoms with E-state index >= 15 is 0 Å². The number of aliphatic hydroxyl groups is 1. The van der Waals surface area contributed by atoms with Crippen molar-refractivity contribution in [1.29, 1.82) is 0 Å². The third-order valence-electron chi connectivity index (χ3n) is 4.52. The van der Waals surface area contributed by atoms with Crippen LogP contribution in [0.1, 0.15) is 44.3 Å². The Morgan fingerprint density at radius 1 is 1.19 bits per heavy atom. The predicted molar refractivity (Wildman–Crippen MR) is 79.5 cm³/mol. The first-order chi connectivity index (χ1) is 10.2. The summed E-state index contributed by atoms with van der Waals surface area (Å²) in [6.07, 6.45) is 3.57. The zero-order chi connectivity index (χ0) is 14.7. The van der Waals surface area contributed by atoms with Gasteiger partial charge in [0, 0.05) is 26.1 Å². The smallest absolute Gasteiger partial charge is 0.119 e. The van der Waals surface area contributed by atoms with Crippen molar-refractivity contribution >= 4 is 0 Å². The summed E-state index contributed by atoms with van der Waals surface area (Å²) in [5, 5.41) is 9.53. The van der Waals surface area contributed by atoms with Crippen LogP contribution < -0.4 is 4.74 Å². The Hall–Kier alpha value is -1.10. The summed E-state index contributed by atoms with van der Waals surface area (Å²) in [6, 6.07) is 7.72. The van der Waals surface area contributed by atoms with E-state index in [2.05, 4.69) is 0 Å². The molecule has 1 aromatic rings. The summed E-state index contributed by atoms with van der Waals surface area (Å²) in [5.74, 6) is 0.869. The summed E-state index contributed by atoms with van der Waals surface area (Å²) in [6.45, 7) is 4.10. The van der Waals surface area contributed by atoms with Gasteiger partial charge in [0.25, 0.3) is 0 Å². The molecule has 0 bridgehead atoms. The molecular weight excluding hydrogens is 268 g/mol. The van der Waals surface area contributed by atoms with Gasteiger partial charge in [-0.05, 0) is 37.5 Å². The van der Waals surface area contributed by atoms with E-state index in [9.17, 15) is 5.11 Å². The van der Waals surface area contributed by atoms with Crippen molar-refractivity contribution in [3.05, 3.63) is 29.8 Å². The largest absolute Gasteiger partial charge is 0.490 e. The second-order valence-corrected chi connectivity index (χ2v) is 6.12. The van der Waals surface area contributed by atoms with Gasteiger partial charge in [-0.3, -0.25) is 0 Å². The molecule has 116 valence electrons. The van der Waals surface area contributed by atoms with E-state index in [-0.39, 0.29) is 11.7 Å². The Bertz CT molecular complexity index is 443. The summed E-state index contributed by atoms with van der Waals surface area (Å²) in [4.78, 5) is 0. The Morgan fingerprint density at radius 2 is 1.90 bits per heavy atom. The van der Waals surface area contributed by atoms with E-state index in [1.807, 2.05) is 24.3 Å². The molecule has 0 aromatic heterocycles. The summed E-state index contributed by atoms with van der Waals surface area (Å²) in [5.41, 5.74) is 0.871. The number of rotatable bonds is 3. The molecule has 1 N–H and O–H groups in total. The van der Waals surface area contributed by atoms with E-state index in [4.69, 9.17) is 14.2 Å². The SMILES string of the molecule is C[C@@H](O)c1ccc(OC2CCOC3(CCOCC3)C2)cc1. The van der Waals surface area contributed by atoms with Gasteiger partial charge in [0.15, 0.2) is 0 Å². The van der Waals surface area contributed by atoms with Gasteiger partial charge >= 0.3 is 0 Å². The number of hydrogen-bond donors (Lipinski definition) is 1. The second kappa shape index (κ2) is 6.34. The Balaban J connectivity index is 1.61. The molecule has 0 saturated carbocycles. The fourth-order valence-corrected chi connectivity index (χ4v) is 3.19. The van der Waals surface area contributed by atoms with Crippen LogP contribution in [-0.4, -0.2) is 36.6 Å². The average Bonchev–Trinajstić information content (AvgIpc) is 2.49. The van der Waals surface area contributed by atoms with Crippen LogP contribution in [0.15, 0.2) is 24.3 Å². The molecule has 2 saturated heterocycles. The lowest BCUT2D eigenvalue weighted by molar-refractivity contribution is -0.155. The zero-order valence-corrected chi connectivity index (χ0v) is 12.6. The highest BCUT2D eigenvalue weighted by molar-refractivity contribution is 5.28. The van der Waals surface area contributed by atoms with Crippen molar-refractivity contribution in [3.63, 3.8) is 0 Å². The maximum absolute atomic E-state index is 9.53. The lowest BCUT2D eigenvalue weighted by Gasteiger charge is -2.43. The minimum absolute atomic E-state index is 0.0410. The second-order valence-electron chi connectivity index (χ2n) is 6.12. The highest BCUT2D eigenvalue weighted by Crippen LogP contribution is 2.35. The molecule has 2 fully saturated rings. The number of hydrogen-bond acceptors (Lipinski definition) is 4. The van der Waals surface area contributed by atoms with Gasteiger partial charge in [0.05, 0.1) is 18.3 Å². The van der Waals surface area contributed by atoms with Crippen LogP contribution in [0, 0.1) is 0 Å². The van der Waals surface area contributed by atoms with Gasteiger partial charge in [-0.15, -0.1) is 0 Å². The Labute approximate surface area is 126 Å². The van der Waals surface area contributed by atoms with Crippen molar-refractivity contribution in [2.45, 2.75) is 50.4 Å². The molecule has 2 aliphatic rings. The lowest BCUT2D eigenvalue weighted by Crippen LogP contribution is -2.47. The van der Waals surface area contributed by atoms with Crippen molar-refractivity contribution in [2.24, 2.45) is 0 Å². The van der Waals surface area contributed by atoms with E-state index < -0.39 is 6.10 Å². The Kier molecular flexibility index (Phi) is 4.48. The number of ether oxygens (including phenoxy) is 3. The molecule has 2 heterocycles. The highest BCUT2D eigenvalue weighted by atomic mass is 16.5. The summed E-state index contributed by atoms with van der Waals surface area (Å²) >= 11 is 0. The molecule has 2 aliphatic heterocycles. The minimum atomic E-state index is -0.437. The molecule has 0 radical (unpaired) electrons. The molecule has 1 spiro atoms. The highest BCUT2D eigenvalue weighted by Gasteiger charge is 2.39. The molecule has 21 heavy (non-hydrogen) atoms. The summed E-state index contributed by atoms with van der Waals surface area (Å²) < 4.78 is 17.6. The molecule has 1 aromatic carbocycles. The van der Waals surface area contributed by atoms with Crippen LogP contribution in [-0.2, 0) is 9.47 Å². The fraction of sp³-hybridized carbons (Fsp3) is 0.647. The average molecular weight is 292 g/mol. The van der Waals surface area contributed by atoms with Crippen molar-refractivity contribution in [3.8, 4) is 5.75 Å². The molecule has 0 amide bonds. The number of benzene rings is 1. The first-order valence-corrected chi connectivity index (χ1v) is 7.83. The lowest BCUT2D eigenvalue weighted by atomic mass is 9.85. The van der Waals surface area contributed by atoms with Crippen LogP contribution in [0.25, 0.3) is 0 Å². The molecule has 1 unspecified atom stereocenters. The fourth-order valence-electron chi connectivity index (χ4n) is 3.19. The first-order valence-electron chi connectivity index (χ1n) is 7.83. The standard InChI is InChI=1S/C17H24O4/c1-13(18)14-2-4-15(5-3-14)21-16-6-9-20-17(12-16)7-10-19-11-8-17/h2-5,13,16,18H,6-12H2,1H3/t13-,16?/m1/s1. The van der Waals surface area contributed by atoms with Crippen LogP contribution >= 0.6 is 0 Å². The predicted octanol–water partition coefficient (Wildman–Crippen LogP) is 2.85. The molecule has 4 heteroatoms. The van der Waals surface area contributed by atoms with E-state index in [1.165, 1.54) is 0 Å². The van der Waals surface area contributed by atoms with Gasteiger partial charge in [-0.1, -0.05) is 12.1 Å². The topological polar surface area (TPSA) is 47.9 Å². The van der Waals surface area contributed by atoms with Crippen LogP contribution in [0.4, 0.5) is 0 Å². The van der Waals surface area contributed by atoms with Gasteiger partial charge in [-0.2, -0.15) is 0 Å². The van der Waals surface area contributed by atoms with Crippen LogP contribution in [0.3, 0.4) is 0 Å². The molecule has 2 atom stereocenters. The van der Waals surface area contributed by atoms with Crippen molar-refractivity contribution < 1.29 is 19.3 Å². The molecule has 4 nitrogen and oxygen atoms in total. The molecule has 0 aliphatic carbocycles. The normalized spacial score (nSPS) is 26.5. The zero-order valence-electron chi connectivity index (χ0n) is 12.6. The minimum Gasteiger partial charge on any atom is -0.490 e. The van der Waals surface area contributed by atoms with Gasteiger partial charge < -0.3 is 19.3 Å². The van der Waals surface area contributed by atoms with Crippen LogP contribution in [0.5, 0.6) is 5.75 Å². The van der Waals surface area contributed by atoms with Gasteiger partial charge in [-0.25, -0.2) is 0 Å². The quantitative estimate of drug-likeness (QED) is 0.930. The van der Waals surface area contributed by atoms with Gasteiger partial charge in [0.1, 0.15) is 11.9 Å². The molecule has 3 rings (SSSR count). The maximum Gasteiger partial charge on any atom is 0.119 e. The van der Waals surface area contributed by atoms with E-state index in [1.54, 1.807) is 6.92 Å².